The van der Waals surface area contributed by atoms with E-state index >= 15 is 0 Å². The molecular formula is C19H25N3O6S2. The first-order valence-electron chi connectivity index (χ1n) is 8.82. The van der Waals surface area contributed by atoms with Gasteiger partial charge in [0, 0.05) is 7.05 Å². The van der Waals surface area contributed by atoms with Crippen LogP contribution in [0.5, 0.6) is 5.75 Å². The van der Waals surface area contributed by atoms with Gasteiger partial charge in [-0.05, 0) is 55.7 Å². The van der Waals surface area contributed by atoms with Gasteiger partial charge in [-0.25, -0.2) is 16.8 Å². The van der Waals surface area contributed by atoms with E-state index in [1.165, 1.54) is 39.3 Å². The minimum absolute atomic E-state index is 0.0622. The molecule has 2 rings (SSSR count). The van der Waals surface area contributed by atoms with Crippen LogP contribution >= 0.6 is 0 Å². The standard InChI is InChI=1S/C19H25N3O6S2/c1-11-9-12(2)18(13(3)17(11)22-29(6,24)25)30(26,27)21-16-8-7-14(28-5)10-15(16)19(23)20-4/h7-10,21-22H,1-6H3,(H,20,23). The molecule has 0 aromatic heterocycles. The Kier molecular flexibility index (Phi) is 6.67. The lowest BCUT2D eigenvalue weighted by Gasteiger charge is -2.19. The van der Waals surface area contributed by atoms with Crippen molar-refractivity contribution in [3.05, 3.63) is 46.5 Å². The van der Waals surface area contributed by atoms with Gasteiger partial charge >= 0.3 is 0 Å². The summed E-state index contributed by atoms with van der Waals surface area (Å²) in [6.07, 6.45) is 0.991. The van der Waals surface area contributed by atoms with Crippen LogP contribution < -0.4 is 19.5 Å². The first-order chi connectivity index (χ1) is 13.8. The predicted octanol–water partition coefficient (Wildman–Crippen LogP) is 2.15. The summed E-state index contributed by atoms with van der Waals surface area (Å²) in [4.78, 5) is 12.2. The Morgan fingerprint density at radius 1 is 0.967 bits per heavy atom. The Labute approximate surface area is 176 Å². The molecular weight excluding hydrogens is 430 g/mol. The molecule has 30 heavy (non-hydrogen) atoms. The molecule has 164 valence electrons. The third kappa shape index (κ3) is 5.03. The zero-order chi connectivity index (χ0) is 22.9. The van der Waals surface area contributed by atoms with Crippen LogP contribution in [0.25, 0.3) is 0 Å². The van der Waals surface area contributed by atoms with Gasteiger partial charge in [-0.1, -0.05) is 6.07 Å². The molecule has 0 saturated heterocycles. The van der Waals surface area contributed by atoms with Crippen molar-refractivity contribution in [2.45, 2.75) is 25.7 Å². The maximum absolute atomic E-state index is 13.2. The number of anilines is 2. The van der Waals surface area contributed by atoms with Crippen LogP contribution in [0.3, 0.4) is 0 Å². The van der Waals surface area contributed by atoms with Crippen molar-refractivity contribution < 1.29 is 26.4 Å². The van der Waals surface area contributed by atoms with E-state index in [1.54, 1.807) is 19.9 Å². The number of nitrogens with one attached hydrogen (secondary N) is 3. The zero-order valence-electron chi connectivity index (χ0n) is 17.6. The molecule has 0 fully saturated rings. The quantitative estimate of drug-likeness (QED) is 0.586. The SMILES string of the molecule is CNC(=O)c1cc(OC)ccc1NS(=O)(=O)c1c(C)cc(C)c(NS(C)(=O)=O)c1C. The van der Waals surface area contributed by atoms with Gasteiger partial charge < -0.3 is 10.1 Å². The highest BCUT2D eigenvalue weighted by Crippen LogP contribution is 2.33. The average molecular weight is 456 g/mol. The van der Waals surface area contributed by atoms with Crippen molar-refractivity contribution in [3.8, 4) is 5.75 Å². The van der Waals surface area contributed by atoms with Crippen molar-refractivity contribution in [1.29, 1.82) is 0 Å². The van der Waals surface area contributed by atoms with Gasteiger partial charge in [0.2, 0.25) is 10.0 Å². The predicted molar refractivity (Wildman–Crippen MR) is 116 cm³/mol. The van der Waals surface area contributed by atoms with E-state index in [2.05, 4.69) is 14.8 Å². The lowest BCUT2D eigenvalue weighted by Crippen LogP contribution is -2.23. The fourth-order valence-electron chi connectivity index (χ4n) is 3.18. The van der Waals surface area contributed by atoms with Gasteiger partial charge in [0.15, 0.2) is 0 Å². The summed E-state index contributed by atoms with van der Waals surface area (Å²) >= 11 is 0. The summed E-state index contributed by atoms with van der Waals surface area (Å²) in [5.74, 6) is -0.109. The highest BCUT2D eigenvalue weighted by molar-refractivity contribution is 7.93. The van der Waals surface area contributed by atoms with Gasteiger partial charge in [-0.2, -0.15) is 0 Å². The molecule has 0 saturated carbocycles. The summed E-state index contributed by atoms with van der Waals surface area (Å²) in [5.41, 5.74) is 1.62. The Morgan fingerprint density at radius 3 is 2.13 bits per heavy atom. The Hall–Kier alpha value is -2.79. The van der Waals surface area contributed by atoms with Crippen LogP contribution in [0.4, 0.5) is 11.4 Å². The molecule has 9 nitrogen and oxygen atoms in total. The second kappa shape index (κ2) is 8.52. The molecule has 2 aromatic carbocycles. The van der Waals surface area contributed by atoms with Crippen molar-refractivity contribution in [3.63, 3.8) is 0 Å². The van der Waals surface area contributed by atoms with E-state index in [1.807, 2.05) is 0 Å². The number of hydrogen-bond donors (Lipinski definition) is 3. The molecule has 0 bridgehead atoms. The number of aryl methyl sites for hydroxylation is 2. The number of carbonyl (C=O) groups is 1. The molecule has 1 amide bonds. The van der Waals surface area contributed by atoms with Gasteiger partial charge in [-0.15, -0.1) is 0 Å². The lowest BCUT2D eigenvalue weighted by atomic mass is 10.1. The van der Waals surface area contributed by atoms with Gasteiger partial charge in [-0.3, -0.25) is 14.2 Å². The topological polar surface area (TPSA) is 131 Å². The van der Waals surface area contributed by atoms with E-state index in [0.29, 0.717) is 16.9 Å². The smallest absolute Gasteiger partial charge is 0.262 e. The first kappa shape index (κ1) is 23.5. The molecule has 3 N–H and O–H groups in total. The monoisotopic (exact) mass is 455 g/mol. The van der Waals surface area contributed by atoms with Crippen molar-refractivity contribution in [2.24, 2.45) is 0 Å². The van der Waals surface area contributed by atoms with Crippen LogP contribution in [-0.2, 0) is 20.0 Å². The number of amides is 1. The summed E-state index contributed by atoms with van der Waals surface area (Å²) in [7, 11) is -4.92. The second-order valence-corrected chi connectivity index (χ2v) is 10.2. The molecule has 0 heterocycles. The maximum atomic E-state index is 13.2. The Morgan fingerprint density at radius 2 is 1.60 bits per heavy atom. The van der Waals surface area contributed by atoms with Gasteiger partial charge in [0.1, 0.15) is 5.75 Å². The van der Waals surface area contributed by atoms with Crippen LogP contribution in [0.15, 0.2) is 29.2 Å². The molecule has 0 aliphatic carbocycles. The van der Waals surface area contributed by atoms with Crippen LogP contribution in [0, 0.1) is 20.8 Å². The van der Waals surface area contributed by atoms with Crippen molar-refractivity contribution in [2.75, 3.05) is 29.9 Å². The van der Waals surface area contributed by atoms with E-state index in [4.69, 9.17) is 4.74 Å². The number of benzene rings is 2. The largest absolute Gasteiger partial charge is 0.497 e. The minimum atomic E-state index is -4.16. The summed E-state index contributed by atoms with van der Waals surface area (Å²) in [6, 6.07) is 5.95. The molecule has 11 heteroatoms. The molecule has 0 unspecified atom stereocenters. The first-order valence-corrected chi connectivity index (χ1v) is 12.2. The van der Waals surface area contributed by atoms with E-state index < -0.39 is 26.0 Å². The van der Waals surface area contributed by atoms with Crippen molar-refractivity contribution >= 4 is 37.3 Å². The minimum Gasteiger partial charge on any atom is -0.497 e. The van der Waals surface area contributed by atoms with Crippen LogP contribution in [-0.4, -0.2) is 43.2 Å². The molecule has 0 aliphatic heterocycles. The number of rotatable bonds is 7. The fourth-order valence-corrected chi connectivity index (χ4v) is 5.42. The molecule has 2 aromatic rings. The molecule has 0 aliphatic rings. The molecule has 0 radical (unpaired) electrons. The second-order valence-electron chi connectivity index (χ2n) is 6.81. The van der Waals surface area contributed by atoms with E-state index in [0.717, 1.165) is 6.26 Å². The molecule has 0 atom stereocenters. The summed E-state index contributed by atoms with van der Waals surface area (Å²) in [5, 5.41) is 2.46. The summed E-state index contributed by atoms with van der Waals surface area (Å²) < 4.78 is 59.8. The number of sulfonamides is 2. The highest BCUT2D eigenvalue weighted by Gasteiger charge is 2.26. The summed E-state index contributed by atoms with van der Waals surface area (Å²) in [6.45, 7) is 4.83. The number of hydrogen-bond acceptors (Lipinski definition) is 6. The number of methoxy groups -OCH3 is 1. The van der Waals surface area contributed by atoms with Crippen LogP contribution in [0.1, 0.15) is 27.0 Å². The van der Waals surface area contributed by atoms with E-state index in [9.17, 15) is 21.6 Å². The normalized spacial score (nSPS) is 11.7. The Bertz CT molecular complexity index is 1210. The fraction of sp³-hybridized carbons (Fsp3) is 0.316. The third-order valence-electron chi connectivity index (χ3n) is 4.40. The highest BCUT2D eigenvalue weighted by atomic mass is 32.2. The van der Waals surface area contributed by atoms with Gasteiger partial charge in [0.25, 0.3) is 15.9 Å². The van der Waals surface area contributed by atoms with Crippen LogP contribution in [0.2, 0.25) is 0 Å². The average Bonchev–Trinajstić information content (AvgIpc) is 2.63. The Balaban J connectivity index is 2.64. The zero-order valence-corrected chi connectivity index (χ0v) is 19.2. The van der Waals surface area contributed by atoms with E-state index in [-0.39, 0.29) is 27.4 Å². The maximum Gasteiger partial charge on any atom is 0.262 e. The third-order valence-corrected chi connectivity index (χ3v) is 6.63. The van der Waals surface area contributed by atoms with Gasteiger partial charge in [0.05, 0.1) is 35.2 Å². The van der Waals surface area contributed by atoms with Crippen molar-refractivity contribution in [1.82, 2.24) is 5.32 Å². The number of ether oxygens (including phenoxy) is 1. The lowest BCUT2D eigenvalue weighted by molar-refractivity contribution is 0.0963. The molecule has 0 spiro atoms. The number of carbonyl (C=O) groups excluding carboxylic acids is 1.